The fraction of sp³-hybridized carbons (Fsp3) is 0.538. The van der Waals surface area contributed by atoms with Gasteiger partial charge in [-0.15, -0.1) is 0 Å². The Kier molecular flexibility index (Phi) is 5.38. The molecule has 1 aromatic carbocycles. The maximum Gasteiger partial charge on any atom is 0.243 e. The second-order valence-electron chi connectivity index (χ2n) is 4.67. The Labute approximate surface area is 120 Å². The van der Waals surface area contributed by atoms with Crippen molar-refractivity contribution in [2.24, 2.45) is 5.73 Å². The van der Waals surface area contributed by atoms with Gasteiger partial charge in [0.1, 0.15) is 0 Å². The molecule has 2 N–H and O–H groups in total. The van der Waals surface area contributed by atoms with Crippen molar-refractivity contribution in [3.8, 4) is 0 Å². The predicted molar refractivity (Wildman–Crippen MR) is 78.8 cm³/mol. The minimum Gasteiger partial charge on any atom is -0.326 e. The first kappa shape index (κ1) is 16.4. The van der Waals surface area contributed by atoms with Gasteiger partial charge in [0.25, 0.3) is 0 Å². The summed E-state index contributed by atoms with van der Waals surface area (Å²) in [5, 5.41) is 0.391. The highest BCUT2D eigenvalue weighted by molar-refractivity contribution is 7.89. The molecule has 1 atom stereocenters. The zero-order valence-corrected chi connectivity index (χ0v) is 13.3. The molecule has 0 bridgehead atoms. The molecule has 1 aromatic rings. The smallest absolute Gasteiger partial charge is 0.243 e. The monoisotopic (exact) mass is 304 g/mol. The van der Waals surface area contributed by atoms with Crippen LogP contribution in [0.5, 0.6) is 0 Å². The van der Waals surface area contributed by atoms with Crippen LogP contribution in [-0.4, -0.2) is 25.8 Å². The summed E-state index contributed by atoms with van der Waals surface area (Å²) < 4.78 is 26.6. The topological polar surface area (TPSA) is 63.4 Å². The first-order valence-corrected chi connectivity index (χ1v) is 8.04. The molecule has 0 amide bonds. The Balaban J connectivity index is 3.41. The van der Waals surface area contributed by atoms with Gasteiger partial charge in [0.2, 0.25) is 10.0 Å². The number of hydrogen-bond donors (Lipinski definition) is 1. The van der Waals surface area contributed by atoms with Gasteiger partial charge in [-0.1, -0.05) is 18.5 Å². The molecular weight excluding hydrogens is 284 g/mol. The molecule has 0 saturated heterocycles. The van der Waals surface area contributed by atoms with Crippen LogP contribution >= 0.6 is 11.6 Å². The van der Waals surface area contributed by atoms with Gasteiger partial charge >= 0.3 is 0 Å². The van der Waals surface area contributed by atoms with Gasteiger partial charge < -0.3 is 5.73 Å². The van der Waals surface area contributed by atoms with Gasteiger partial charge in [-0.25, -0.2) is 8.42 Å². The second kappa shape index (κ2) is 6.22. The second-order valence-corrected chi connectivity index (χ2v) is 7.07. The fourth-order valence-electron chi connectivity index (χ4n) is 1.84. The van der Waals surface area contributed by atoms with E-state index in [1.54, 1.807) is 20.0 Å². The molecule has 19 heavy (non-hydrogen) atoms. The first-order valence-electron chi connectivity index (χ1n) is 6.22. The number of nitrogens with two attached hydrogens (primary N) is 1. The summed E-state index contributed by atoms with van der Waals surface area (Å²) in [5.74, 6) is 0. The summed E-state index contributed by atoms with van der Waals surface area (Å²) in [4.78, 5) is 0.239. The summed E-state index contributed by atoms with van der Waals surface area (Å²) in [5.41, 5.74) is 7.05. The lowest BCUT2D eigenvalue weighted by Crippen LogP contribution is -2.35. The zero-order valence-electron chi connectivity index (χ0n) is 11.8. The van der Waals surface area contributed by atoms with E-state index in [1.807, 2.05) is 13.8 Å². The van der Waals surface area contributed by atoms with Crippen molar-refractivity contribution < 1.29 is 8.42 Å². The van der Waals surface area contributed by atoms with Crippen molar-refractivity contribution in [2.75, 3.05) is 7.05 Å². The van der Waals surface area contributed by atoms with E-state index in [0.717, 1.165) is 12.0 Å². The molecule has 0 aliphatic heterocycles. The van der Waals surface area contributed by atoms with Crippen LogP contribution in [0.2, 0.25) is 5.02 Å². The first-order chi connectivity index (χ1) is 8.75. The van der Waals surface area contributed by atoms with Crippen molar-refractivity contribution in [3.05, 3.63) is 28.3 Å². The highest BCUT2D eigenvalue weighted by Gasteiger charge is 2.27. The number of sulfonamides is 1. The maximum atomic E-state index is 12.6. The van der Waals surface area contributed by atoms with Crippen LogP contribution in [0.25, 0.3) is 0 Å². The Morgan fingerprint density at radius 3 is 2.47 bits per heavy atom. The summed E-state index contributed by atoms with van der Waals surface area (Å²) in [7, 11) is -1.95. The summed E-state index contributed by atoms with van der Waals surface area (Å²) >= 11 is 5.99. The van der Waals surface area contributed by atoms with Crippen LogP contribution in [0.1, 0.15) is 31.4 Å². The SMILES string of the molecule is CCC(C)N(C)S(=O)(=O)c1cc(Cl)cc(CN)c1C. The van der Waals surface area contributed by atoms with E-state index < -0.39 is 10.0 Å². The normalized spacial score (nSPS) is 13.8. The molecule has 1 unspecified atom stereocenters. The van der Waals surface area contributed by atoms with Crippen LogP contribution in [-0.2, 0) is 16.6 Å². The third-order valence-corrected chi connectivity index (χ3v) is 5.84. The van der Waals surface area contributed by atoms with Crippen molar-refractivity contribution in [3.63, 3.8) is 0 Å². The largest absolute Gasteiger partial charge is 0.326 e. The van der Waals surface area contributed by atoms with E-state index >= 15 is 0 Å². The number of halogens is 1. The quantitative estimate of drug-likeness (QED) is 0.909. The van der Waals surface area contributed by atoms with Crippen molar-refractivity contribution >= 4 is 21.6 Å². The molecule has 108 valence electrons. The lowest BCUT2D eigenvalue weighted by Gasteiger charge is -2.24. The highest BCUT2D eigenvalue weighted by Crippen LogP contribution is 2.27. The van der Waals surface area contributed by atoms with Gasteiger partial charge in [-0.3, -0.25) is 0 Å². The molecule has 0 aliphatic carbocycles. The Bertz CT molecular complexity index is 558. The molecule has 1 rings (SSSR count). The van der Waals surface area contributed by atoms with E-state index in [1.165, 1.54) is 10.4 Å². The van der Waals surface area contributed by atoms with E-state index in [2.05, 4.69) is 0 Å². The number of rotatable bonds is 5. The van der Waals surface area contributed by atoms with Gasteiger partial charge in [0.05, 0.1) is 4.90 Å². The van der Waals surface area contributed by atoms with Gasteiger partial charge in [0.15, 0.2) is 0 Å². The Hall–Kier alpha value is -0.620. The van der Waals surface area contributed by atoms with Crippen LogP contribution in [0.4, 0.5) is 0 Å². The summed E-state index contributed by atoms with van der Waals surface area (Å²) in [6.45, 7) is 5.85. The molecule has 0 fully saturated rings. The number of benzene rings is 1. The van der Waals surface area contributed by atoms with Crippen molar-refractivity contribution in [2.45, 2.75) is 44.7 Å². The van der Waals surface area contributed by atoms with Crippen LogP contribution in [0, 0.1) is 6.92 Å². The minimum atomic E-state index is -3.54. The third-order valence-electron chi connectivity index (χ3n) is 3.52. The molecule has 0 spiro atoms. The molecule has 0 radical (unpaired) electrons. The molecular formula is C13H21ClN2O2S. The van der Waals surface area contributed by atoms with E-state index in [0.29, 0.717) is 10.6 Å². The van der Waals surface area contributed by atoms with Crippen molar-refractivity contribution in [1.29, 1.82) is 0 Å². The summed E-state index contributed by atoms with van der Waals surface area (Å²) in [6.07, 6.45) is 0.749. The fourth-order valence-corrected chi connectivity index (χ4v) is 3.87. The summed E-state index contributed by atoms with van der Waals surface area (Å²) in [6, 6.07) is 3.13. The molecule has 4 nitrogen and oxygen atoms in total. The van der Waals surface area contributed by atoms with E-state index in [4.69, 9.17) is 17.3 Å². The molecule has 0 saturated carbocycles. The molecule has 0 aliphatic rings. The Morgan fingerprint density at radius 1 is 1.42 bits per heavy atom. The van der Waals surface area contributed by atoms with Gasteiger partial charge in [0, 0.05) is 24.7 Å². The zero-order chi connectivity index (χ0) is 14.8. The minimum absolute atomic E-state index is 0.0651. The average Bonchev–Trinajstić information content (AvgIpc) is 2.38. The third kappa shape index (κ3) is 3.28. The number of nitrogens with zero attached hydrogens (tertiary/aromatic N) is 1. The van der Waals surface area contributed by atoms with Gasteiger partial charge in [-0.2, -0.15) is 4.31 Å². The Morgan fingerprint density at radius 2 is 2.00 bits per heavy atom. The van der Waals surface area contributed by atoms with Crippen molar-refractivity contribution in [1.82, 2.24) is 4.31 Å². The standard InChI is InChI=1S/C13H21ClN2O2S/c1-5-9(2)16(4)19(17,18)13-7-12(14)6-11(8-15)10(13)3/h6-7,9H,5,8,15H2,1-4H3. The number of hydrogen-bond acceptors (Lipinski definition) is 3. The lowest BCUT2D eigenvalue weighted by atomic mass is 10.1. The molecule has 0 heterocycles. The lowest BCUT2D eigenvalue weighted by molar-refractivity contribution is 0.380. The maximum absolute atomic E-state index is 12.6. The van der Waals surface area contributed by atoms with Crippen LogP contribution in [0.3, 0.4) is 0 Å². The molecule has 0 aromatic heterocycles. The highest BCUT2D eigenvalue weighted by atomic mass is 35.5. The van der Waals surface area contributed by atoms with Crippen LogP contribution < -0.4 is 5.73 Å². The van der Waals surface area contributed by atoms with E-state index in [9.17, 15) is 8.42 Å². The average molecular weight is 305 g/mol. The van der Waals surface area contributed by atoms with Gasteiger partial charge in [-0.05, 0) is 43.5 Å². The molecule has 6 heteroatoms. The predicted octanol–water partition coefficient (Wildman–Crippen LogP) is 2.53. The van der Waals surface area contributed by atoms with Crippen LogP contribution in [0.15, 0.2) is 17.0 Å². The van der Waals surface area contributed by atoms with E-state index in [-0.39, 0.29) is 17.5 Å².